The molecular formula is C19H23N5. The normalized spacial score (nSPS) is 13.6. The number of nitrogens with one attached hydrogen (secondary N) is 1. The summed E-state index contributed by atoms with van der Waals surface area (Å²) in [6.45, 7) is 7.13. The van der Waals surface area contributed by atoms with Crippen molar-refractivity contribution in [2.24, 2.45) is 0 Å². The molecule has 0 amide bonds. The smallest absolute Gasteiger partial charge is 0.159 e. The van der Waals surface area contributed by atoms with Crippen LogP contribution in [0, 0.1) is 6.92 Å². The second kappa shape index (κ2) is 7.36. The lowest BCUT2D eigenvalue weighted by Crippen LogP contribution is -2.33. The summed E-state index contributed by atoms with van der Waals surface area (Å²) in [7, 11) is 0. The lowest BCUT2D eigenvalue weighted by molar-refractivity contribution is 0.364. The lowest BCUT2D eigenvalue weighted by Gasteiger charge is -2.21. The Kier molecular flexibility index (Phi) is 5.01. The van der Waals surface area contributed by atoms with Crippen LogP contribution in [0.3, 0.4) is 0 Å². The Balaban J connectivity index is 1.58. The Labute approximate surface area is 142 Å². The number of nitrogens with zero attached hydrogens (tertiary/aromatic N) is 4. The molecule has 0 unspecified atom stereocenters. The number of benzene rings is 1. The molecule has 124 valence electrons. The second-order valence-corrected chi connectivity index (χ2v) is 6.19. The number of aryl methyl sites for hydroxylation is 1. The highest BCUT2D eigenvalue weighted by atomic mass is 15.3. The number of rotatable bonds is 6. The molecule has 0 radical (unpaired) electrons. The molecule has 0 fully saturated rings. The van der Waals surface area contributed by atoms with Crippen molar-refractivity contribution in [1.82, 2.24) is 25.1 Å². The average Bonchev–Trinajstić information content (AvgIpc) is 3.06. The van der Waals surface area contributed by atoms with Crippen molar-refractivity contribution in [3.05, 3.63) is 66.2 Å². The molecule has 0 aliphatic heterocycles. The average molecular weight is 321 g/mol. The fraction of sp³-hybridized carbons (Fsp3) is 0.316. The van der Waals surface area contributed by atoms with Crippen LogP contribution < -0.4 is 5.32 Å². The van der Waals surface area contributed by atoms with E-state index in [0.29, 0.717) is 0 Å². The quantitative estimate of drug-likeness (QED) is 0.756. The Bertz CT molecular complexity index is 764. The minimum Gasteiger partial charge on any atom is -0.308 e. The van der Waals surface area contributed by atoms with Crippen molar-refractivity contribution in [3.63, 3.8) is 0 Å². The summed E-state index contributed by atoms with van der Waals surface area (Å²) in [5, 5.41) is 7.91. The van der Waals surface area contributed by atoms with Gasteiger partial charge in [0.25, 0.3) is 0 Å². The van der Waals surface area contributed by atoms with Gasteiger partial charge in [0.1, 0.15) is 0 Å². The van der Waals surface area contributed by atoms with Crippen LogP contribution in [0.1, 0.15) is 31.0 Å². The Morgan fingerprint density at radius 2 is 1.75 bits per heavy atom. The van der Waals surface area contributed by atoms with Crippen LogP contribution in [0.25, 0.3) is 11.4 Å². The summed E-state index contributed by atoms with van der Waals surface area (Å²) in [5.41, 5.74) is 3.29. The fourth-order valence-corrected chi connectivity index (χ4v) is 2.52. The molecule has 1 N–H and O–H groups in total. The summed E-state index contributed by atoms with van der Waals surface area (Å²) in [6.07, 6.45) is 7.73. The summed E-state index contributed by atoms with van der Waals surface area (Å²) in [4.78, 5) is 8.93. The summed E-state index contributed by atoms with van der Waals surface area (Å²) < 4.78 is 2.00. The Morgan fingerprint density at radius 3 is 2.38 bits per heavy atom. The van der Waals surface area contributed by atoms with Gasteiger partial charge in [0.15, 0.2) is 5.82 Å². The van der Waals surface area contributed by atoms with Crippen molar-refractivity contribution in [1.29, 1.82) is 0 Å². The largest absolute Gasteiger partial charge is 0.308 e. The molecule has 2 heterocycles. The van der Waals surface area contributed by atoms with Crippen LogP contribution in [0.2, 0.25) is 0 Å². The van der Waals surface area contributed by atoms with Gasteiger partial charge in [-0.25, -0.2) is 9.97 Å². The van der Waals surface area contributed by atoms with E-state index in [0.717, 1.165) is 23.5 Å². The minimum absolute atomic E-state index is 0.281. The number of hydrogen-bond acceptors (Lipinski definition) is 4. The topological polar surface area (TPSA) is 55.6 Å². The van der Waals surface area contributed by atoms with E-state index in [1.54, 1.807) is 0 Å². The van der Waals surface area contributed by atoms with E-state index in [1.165, 1.54) is 5.56 Å². The van der Waals surface area contributed by atoms with Gasteiger partial charge < -0.3 is 5.32 Å². The van der Waals surface area contributed by atoms with Gasteiger partial charge in [-0.3, -0.25) is 4.68 Å². The third-order valence-electron chi connectivity index (χ3n) is 4.24. The van der Waals surface area contributed by atoms with Crippen LogP contribution in [0.5, 0.6) is 0 Å². The van der Waals surface area contributed by atoms with Crippen molar-refractivity contribution >= 4 is 0 Å². The van der Waals surface area contributed by atoms with Gasteiger partial charge in [-0.15, -0.1) is 0 Å². The monoisotopic (exact) mass is 321 g/mol. The van der Waals surface area contributed by atoms with Crippen molar-refractivity contribution in [3.8, 4) is 11.4 Å². The maximum absolute atomic E-state index is 4.46. The van der Waals surface area contributed by atoms with E-state index in [-0.39, 0.29) is 12.1 Å². The number of hydrogen-bond donors (Lipinski definition) is 1. The summed E-state index contributed by atoms with van der Waals surface area (Å²) >= 11 is 0. The number of aromatic nitrogens is 4. The van der Waals surface area contributed by atoms with Crippen molar-refractivity contribution in [2.75, 3.05) is 0 Å². The van der Waals surface area contributed by atoms with Crippen LogP contribution in [-0.4, -0.2) is 25.8 Å². The van der Waals surface area contributed by atoms with E-state index in [2.05, 4.69) is 47.4 Å². The third kappa shape index (κ3) is 3.86. The Morgan fingerprint density at radius 1 is 1.04 bits per heavy atom. The summed E-state index contributed by atoms with van der Waals surface area (Å²) in [6, 6.07) is 10.6. The van der Waals surface area contributed by atoms with Crippen LogP contribution in [0.4, 0.5) is 0 Å². The molecule has 0 aliphatic carbocycles. The van der Waals surface area contributed by atoms with Crippen molar-refractivity contribution in [2.45, 2.75) is 39.4 Å². The molecule has 0 saturated carbocycles. The van der Waals surface area contributed by atoms with E-state index in [9.17, 15) is 0 Å². The van der Waals surface area contributed by atoms with E-state index >= 15 is 0 Å². The highest BCUT2D eigenvalue weighted by Crippen LogP contribution is 2.14. The SMILES string of the molecule is Cc1cnn([C@H](C)[C@@H](C)NCc2cnc(-c3ccccc3)nc2)c1. The van der Waals surface area contributed by atoms with Gasteiger partial charge in [0, 0.05) is 42.3 Å². The highest BCUT2D eigenvalue weighted by molar-refractivity contribution is 5.53. The van der Waals surface area contributed by atoms with Gasteiger partial charge in [-0.1, -0.05) is 30.3 Å². The highest BCUT2D eigenvalue weighted by Gasteiger charge is 2.14. The predicted octanol–water partition coefficient (Wildman–Crippen LogP) is 3.39. The molecular weight excluding hydrogens is 298 g/mol. The zero-order valence-corrected chi connectivity index (χ0v) is 14.3. The first-order valence-corrected chi connectivity index (χ1v) is 8.24. The van der Waals surface area contributed by atoms with Gasteiger partial charge in [-0.2, -0.15) is 5.10 Å². The third-order valence-corrected chi connectivity index (χ3v) is 4.24. The first-order valence-electron chi connectivity index (χ1n) is 8.24. The van der Waals surface area contributed by atoms with E-state index in [1.807, 2.05) is 53.6 Å². The fourth-order valence-electron chi connectivity index (χ4n) is 2.52. The van der Waals surface area contributed by atoms with Crippen LogP contribution in [-0.2, 0) is 6.54 Å². The van der Waals surface area contributed by atoms with Crippen LogP contribution >= 0.6 is 0 Å². The molecule has 2 atom stereocenters. The zero-order valence-electron chi connectivity index (χ0n) is 14.3. The molecule has 5 nitrogen and oxygen atoms in total. The molecule has 3 rings (SSSR count). The molecule has 24 heavy (non-hydrogen) atoms. The molecule has 5 heteroatoms. The molecule has 0 bridgehead atoms. The minimum atomic E-state index is 0.281. The zero-order chi connectivity index (χ0) is 16.9. The van der Waals surface area contributed by atoms with Gasteiger partial charge in [0.2, 0.25) is 0 Å². The van der Waals surface area contributed by atoms with Gasteiger partial charge in [0.05, 0.1) is 12.2 Å². The van der Waals surface area contributed by atoms with E-state index < -0.39 is 0 Å². The molecule has 0 spiro atoms. The molecule has 2 aromatic heterocycles. The maximum Gasteiger partial charge on any atom is 0.159 e. The van der Waals surface area contributed by atoms with E-state index in [4.69, 9.17) is 0 Å². The maximum atomic E-state index is 4.46. The summed E-state index contributed by atoms with van der Waals surface area (Å²) in [5.74, 6) is 0.757. The molecule has 0 aliphatic rings. The van der Waals surface area contributed by atoms with Crippen LogP contribution in [0.15, 0.2) is 55.1 Å². The molecule has 3 aromatic rings. The second-order valence-electron chi connectivity index (χ2n) is 6.19. The van der Waals surface area contributed by atoms with Crippen molar-refractivity contribution < 1.29 is 0 Å². The van der Waals surface area contributed by atoms with Gasteiger partial charge >= 0.3 is 0 Å². The lowest BCUT2D eigenvalue weighted by atomic mass is 10.1. The predicted molar refractivity (Wildman–Crippen MR) is 95.4 cm³/mol. The molecule has 0 saturated heterocycles. The van der Waals surface area contributed by atoms with Gasteiger partial charge in [-0.05, 0) is 26.3 Å². The Hall–Kier alpha value is -2.53. The first-order chi connectivity index (χ1) is 11.6. The first kappa shape index (κ1) is 16.3. The standard InChI is InChI=1S/C19H23N5/c1-14-9-23-24(13-14)16(3)15(2)20-10-17-11-21-19(22-12-17)18-7-5-4-6-8-18/h4-9,11-13,15-16,20H,10H2,1-3H3/t15-,16-/m1/s1. The molecule has 1 aromatic carbocycles.